The molecule has 6 nitrogen and oxygen atoms in total. The number of nitrogens with zero attached hydrogens (tertiary/aromatic N) is 2. The zero-order valence-corrected chi connectivity index (χ0v) is 15.1. The van der Waals surface area contributed by atoms with Gasteiger partial charge in [0.25, 0.3) is 5.69 Å². The SMILES string of the molecule is CN(C(=O)Nc1ccc([N+](=O)[O-])cc1)C(c1ccccc1)c1ccc(F)cc1. The van der Waals surface area contributed by atoms with E-state index in [1.165, 1.54) is 41.3 Å². The van der Waals surface area contributed by atoms with Gasteiger partial charge in [-0.3, -0.25) is 10.1 Å². The van der Waals surface area contributed by atoms with Gasteiger partial charge >= 0.3 is 6.03 Å². The molecule has 0 aliphatic rings. The highest BCUT2D eigenvalue weighted by Gasteiger charge is 2.23. The van der Waals surface area contributed by atoms with Crippen LogP contribution >= 0.6 is 0 Å². The highest BCUT2D eigenvalue weighted by molar-refractivity contribution is 5.89. The molecule has 142 valence electrons. The first-order valence-electron chi connectivity index (χ1n) is 8.54. The molecule has 0 saturated heterocycles. The van der Waals surface area contributed by atoms with Crippen molar-refractivity contribution in [1.29, 1.82) is 0 Å². The summed E-state index contributed by atoms with van der Waals surface area (Å²) in [6.07, 6.45) is 0. The van der Waals surface area contributed by atoms with Crippen molar-refractivity contribution in [3.63, 3.8) is 0 Å². The largest absolute Gasteiger partial charge is 0.322 e. The second-order valence-corrected chi connectivity index (χ2v) is 6.21. The summed E-state index contributed by atoms with van der Waals surface area (Å²) >= 11 is 0. The monoisotopic (exact) mass is 379 g/mol. The van der Waals surface area contributed by atoms with Gasteiger partial charge in [-0.2, -0.15) is 0 Å². The number of halogens is 1. The third kappa shape index (κ3) is 4.32. The first kappa shape index (κ1) is 19.0. The third-order valence-electron chi connectivity index (χ3n) is 4.34. The number of non-ortho nitro benzene ring substituents is 1. The normalized spacial score (nSPS) is 11.5. The van der Waals surface area contributed by atoms with Gasteiger partial charge in [-0.1, -0.05) is 42.5 Å². The summed E-state index contributed by atoms with van der Waals surface area (Å²) in [7, 11) is 1.64. The van der Waals surface area contributed by atoms with Gasteiger partial charge in [0.2, 0.25) is 0 Å². The van der Waals surface area contributed by atoms with Gasteiger partial charge in [0, 0.05) is 24.9 Å². The highest BCUT2D eigenvalue weighted by atomic mass is 19.1. The molecule has 1 atom stereocenters. The number of nitrogens with one attached hydrogen (secondary N) is 1. The number of carbonyl (C=O) groups is 1. The number of nitro benzene ring substituents is 1. The van der Waals surface area contributed by atoms with Crippen LogP contribution in [-0.4, -0.2) is 22.9 Å². The van der Waals surface area contributed by atoms with Crippen LogP contribution in [0, 0.1) is 15.9 Å². The van der Waals surface area contributed by atoms with Crippen molar-refractivity contribution in [3.8, 4) is 0 Å². The third-order valence-corrected chi connectivity index (χ3v) is 4.34. The zero-order valence-electron chi connectivity index (χ0n) is 15.1. The summed E-state index contributed by atoms with van der Waals surface area (Å²) in [6, 6.07) is 20.2. The number of nitro groups is 1. The van der Waals surface area contributed by atoms with E-state index in [-0.39, 0.29) is 11.5 Å². The van der Waals surface area contributed by atoms with Crippen LogP contribution in [0.2, 0.25) is 0 Å². The van der Waals surface area contributed by atoms with E-state index in [4.69, 9.17) is 0 Å². The Bertz CT molecular complexity index is 960. The summed E-state index contributed by atoms with van der Waals surface area (Å²) in [5.41, 5.74) is 2.01. The van der Waals surface area contributed by atoms with Gasteiger partial charge < -0.3 is 10.2 Å². The van der Waals surface area contributed by atoms with E-state index >= 15 is 0 Å². The van der Waals surface area contributed by atoms with E-state index in [0.29, 0.717) is 5.69 Å². The number of amides is 2. The van der Waals surface area contributed by atoms with Crippen LogP contribution in [0.4, 0.5) is 20.6 Å². The van der Waals surface area contributed by atoms with Crippen LogP contribution in [0.15, 0.2) is 78.9 Å². The fourth-order valence-corrected chi connectivity index (χ4v) is 2.92. The van der Waals surface area contributed by atoms with Crippen LogP contribution < -0.4 is 5.32 Å². The average molecular weight is 379 g/mol. The lowest BCUT2D eigenvalue weighted by molar-refractivity contribution is -0.384. The van der Waals surface area contributed by atoms with E-state index in [2.05, 4.69) is 5.32 Å². The predicted molar refractivity (Wildman–Crippen MR) is 105 cm³/mol. The van der Waals surface area contributed by atoms with Crippen molar-refractivity contribution >= 4 is 17.4 Å². The first-order valence-corrected chi connectivity index (χ1v) is 8.54. The van der Waals surface area contributed by atoms with Crippen LogP contribution in [-0.2, 0) is 0 Å². The van der Waals surface area contributed by atoms with E-state index in [9.17, 15) is 19.3 Å². The molecule has 0 heterocycles. The van der Waals surface area contributed by atoms with E-state index in [1.54, 1.807) is 19.2 Å². The second-order valence-electron chi connectivity index (χ2n) is 6.21. The Hall–Kier alpha value is -3.74. The van der Waals surface area contributed by atoms with Gasteiger partial charge in [-0.25, -0.2) is 9.18 Å². The van der Waals surface area contributed by atoms with Gasteiger partial charge in [-0.15, -0.1) is 0 Å². The maximum atomic E-state index is 13.3. The maximum absolute atomic E-state index is 13.3. The lowest BCUT2D eigenvalue weighted by atomic mass is 9.97. The van der Waals surface area contributed by atoms with Gasteiger partial charge in [0.1, 0.15) is 5.82 Å². The minimum absolute atomic E-state index is 0.0557. The molecule has 1 unspecified atom stereocenters. The molecule has 0 aromatic heterocycles. The zero-order chi connectivity index (χ0) is 20.1. The van der Waals surface area contributed by atoms with Crippen molar-refractivity contribution in [2.24, 2.45) is 0 Å². The van der Waals surface area contributed by atoms with E-state index in [0.717, 1.165) is 11.1 Å². The average Bonchev–Trinajstić information content (AvgIpc) is 2.70. The second kappa shape index (κ2) is 8.30. The molecule has 0 saturated carbocycles. The quantitative estimate of drug-likeness (QED) is 0.501. The Labute approximate surface area is 161 Å². The number of carbonyl (C=O) groups excluding carboxylic acids is 1. The van der Waals surface area contributed by atoms with Crippen molar-refractivity contribution in [2.45, 2.75) is 6.04 Å². The smallest absolute Gasteiger partial charge is 0.316 e. The van der Waals surface area contributed by atoms with Crippen LogP contribution in [0.1, 0.15) is 17.2 Å². The number of benzene rings is 3. The van der Waals surface area contributed by atoms with Gasteiger partial charge in [0.05, 0.1) is 11.0 Å². The van der Waals surface area contributed by atoms with E-state index in [1.807, 2.05) is 30.3 Å². The lowest BCUT2D eigenvalue weighted by Crippen LogP contribution is -2.35. The predicted octanol–water partition coefficient (Wildman–Crippen LogP) is 4.99. The topological polar surface area (TPSA) is 75.5 Å². The Morgan fingerprint density at radius 3 is 2.11 bits per heavy atom. The number of rotatable bonds is 5. The van der Waals surface area contributed by atoms with Crippen LogP contribution in [0.25, 0.3) is 0 Å². The van der Waals surface area contributed by atoms with E-state index < -0.39 is 17.0 Å². The Morgan fingerprint density at radius 1 is 0.964 bits per heavy atom. The summed E-state index contributed by atoms with van der Waals surface area (Å²) in [6.45, 7) is 0. The molecule has 0 aliphatic carbocycles. The van der Waals surface area contributed by atoms with Crippen LogP contribution in [0.5, 0.6) is 0 Å². The van der Waals surface area contributed by atoms with Crippen molar-refractivity contribution in [2.75, 3.05) is 12.4 Å². The molecule has 28 heavy (non-hydrogen) atoms. The standard InChI is InChI=1S/C21H18FN3O3/c1-24(21(26)23-18-11-13-19(14-12-18)25(27)28)20(15-5-3-2-4-6-15)16-7-9-17(22)10-8-16/h2-14,20H,1H3,(H,23,26). The van der Waals surface area contributed by atoms with Crippen molar-refractivity contribution in [3.05, 3.63) is 106 Å². The Kier molecular flexibility index (Phi) is 5.64. The highest BCUT2D eigenvalue weighted by Crippen LogP contribution is 2.28. The fraction of sp³-hybridized carbons (Fsp3) is 0.0952. The molecule has 0 aliphatic heterocycles. The maximum Gasteiger partial charge on any atom is 0.322 e. The molecular weight excluding hydrogens is 361 g/mol. The molecule has 0 radical (unpaired) electrons. The molecular formula is C21H18FN3O3. The molecule has 0 spiro atoms. The Morgan fingerprint density at radius 2 is 1.54 bits per heavy atom. The summed E-state index contributed by atoms with van der Waals surface area (Å²) in [5.74, 6) is -0.353. The molecule has 1 N–H and O–H groups in total. The number of hydrogen-bond donors (Lipinski definition) is 1. The molecule has 0 bridgehead atoms. The van der Waals surface area contributed by atoms with Crippen LogP contribution in [0.3, 0.4) is 0 Å². The summed E-state index contributed by atoms with van der Waals surface area (Å²) in [5, 5.41) is 13.5. The number of anilines is 1. The molecule has 2 amide bonds. The van der Waals surface area contributed by atoms with Crippen molar-refractivity contribution < 1.29 is 14.1 Å². The number of urea groups is 1. The minimum Gasteiger partial charge on any atom is -0.316 e. The first-order chi connectivity index (χ1) is 13.5. The molecule has 3 rings (SSSR count). The van der Waals surface area contributed by atoms with Gasteiger partial charge in [0.15, 0.2) is 0 Å². The molecule has 0 fully saturated rings. The Balaban J connectivity index is 1.86. The molecule has 7 heteroatoms. The summed E-state index contributed by atoms with van der Waals surface area (Å²) < 4.78 is 13.3. The summed E-state index contributed by atoms with van der Waals surface area (Å²) in [4.78, 5) is 24.5. The fourth-order valence-electron chi connectivity index (χ4n) is 2.92. The molecule has 3 aromatic rings. The molecule has 3 aromatic carbocycles. The van der Waals surface area contributed by atoms with Gasteiger partial charge in [-0.05, 0) is 35.4 Å². The van der Waals surface area contributed by atoms with Crippen molar-refractivity contribution in [1.82, 2.24) is 4.90 Å². The minimum atomic E-state index is -0.502. The lowest BCUT2D eigenvalue weighted by Gasteiger charge is -2.29. The number of hydrogen-bond acceptors (Lipinski definition) is 3.